The molecule has 6 heteroatoms. The van der Waals surface area contributed by atoms with E-state index in [1.54, 1.807) is 18.2 Å². The lowest BCUT2D eigenvalue weighted by Gasteiger charge is -2.07. The van der Waals surface area contributed by atoms with Crippen LogP contribution in [0.2, 0.25) is 5.02 Å². The zero-order chi connectivity index (χ0) is 12.8. The van der Waals surface area contributed by atoms with E-state index in [1.165, 1.54) is 6.33 Å². The molecule has 0 aliphatic carbocycles. The Morgan fingerprint density at radius 1 is 1.11 bits per heavy atom. The van der Waals surface area contributed by atoms with E-state index < -0.39 is 0 Å². The van der Waals surface area contributed by atoms with Crippen LogP contribution in [0.25, 0.3) is 0 Å². The molecule has 0 radical (unpaired) electrons. The molecule has 0 saturated carbocycles. The summed E-state index contributed by atoms with van der Waals surface area (Å²) in [5, 5.41) is 15.5. The lowest BCUT2D eigenvalue weighted by Crippen LogP contribution is -2.07. The van der Waals surface area contributed by atoms with E-state index in [9.17, 15) is 0 Å². The van der Waals surface area contributed by atoms with Crippen LogP contribution in [0.1, 0.15) is 0 Å². The Morgan fingerprint density at radius 3 is 2.56 bits per heavy atom. The van der Waals surface area contributed by atoms with E-state index in [0.717, 1.165) is 5.69 Å². The first-order valence-electron chi connectivity index (χ1n) is 5.47. The monoisotopic (exact) mass is 264 g/mol. The molecule has 0 saturated heterocycles. The number of nitrogens with one attached hydrogen (secondary N) is 2. The SMILES string of the molecule is OCCNc1cc(Nc2ccc(Cl)cc2)ncn1. The van der Waals surface area contributed by atoms with Gasteiger partial charge in [0.1, 0.15) is 18.0 Å². The first-order valence-corrected chi connectivity index (χ1v) is 5.85. The van der Waals surface area contributed by atoms with E-state index in [4.69, 9.17) is 16.7 Å². The maximum Gasteiger partial charge on any atom is 0.135 e. The highest BCUT2D eigenvalue weighted by Crippen LogP contribution is 2.18. The van der Waals surface area contributed by atoms with Crippen molar-refractivity contribution in [2.75, 3.05) is 23.8 Å². The fraction of sp³-hybridized carbons (Fsp3) is 0.167. The number of halogens is 1. The summed E-state index contributed by atoms with van der Waals surface area (Å²) >= 11 is 5.81. The smallest absolute Gasteiger partial charge is 0.135 e. The Bertz CT molecular complexity index is 504. The van der Waals surface area contributed by atoms with Gasteiger partial charge in [-0.25, -0.2) is 9.97 Å². The molecule has 0 aliphatic rings. The quantitative estimate of drug-likeness (QED) is 0.773. The zero-order valence-corrected chi connectivity index (χ0v) is 10.4. The summed E-state index contributed by atoms with van der Waals surface area (Å²) in [6.45, 7) is 0.515. The highest BCUT2D eigenvalue weighted by molar-refractivity contribution is 6.30. The molecule has 3 N–H and O–H groups in total. The number of aliphatic hydroxyl groups is 1. The van der Waals surface area contributed by atoms with Crippen molar-refractivity contribution in [1.82, 2.24) is 9.97 Å². The summed E-state index contributed by atoms with van der Waals surface area (Å²) in [4.78, 5) is 8.15. The average Bonchev–Trinajstić information content (AvgIpc) is 2.40. The van der Waals surface area contributed by atoms with Crippen molar-refractivity contribution in [3.8, 4) is 0 Å². The fourth-order valence-electron chi connectivity index (χ4n) is 1.39. The van der Waals surface area contributed by atoms with Gasteiger partial charge in [0.15, 0.2) is 0 Å². The van der Waals surface area contributed by atoms with E-state index in [1.807, 2.05) is 12.1 Å². The average molecular weight is 265 g/mol. The minimum absolute atomic E-state index is 0.0595. The normalized spacial score (nSPS) is 10.1. The van der Waals surface area contributed by atoms with E-state index >= 15 is 0 Å². The van der Waals surface area contributed by atoms with Gasteiger partial charge < -0.3 is 15.7 Å². The van der Waals surface area contributed by atoms with Crippen LogP contribution in [0.15, 0.2) is 36.7 Å². The van der Waals surface area contributed by atoms with Gasteiger partial charge in [-0.2, -0.15) is 0 Å². The van der Waals surface area contributed by atoms with Crippen LogP contribution in [0, 0.1) is 0 Å². The van der Waals surface area contributed by atoms with Gasteiger partial charge in [0, 0.05) is 23.3 Å². The molecule has 0 fully saturated rings. The number of nitrogens with zero attached hydrogens (tertiary/aromatic N) is 2. The summed E-state index contributed by atoms with van der Waals surface area (Å²) in [6, 6.07) is 9.10. The lowest BCUT2D eigenvalue weighted by molar-refractivity contribution is 0.311. The standard InChI is InChI=1S/C12H13ClN4O/c13-9-1-3-10(4-2-9)17-12-7-11(14-5-6-18)15-8-16-12/h1-4,7-8,18H,5-6H2,(H2,14,15,16,17). The second-order valence-electron chi connectivity index (χ2n) is 3.57. The van der Waals surface area contributed by atoms with Gasteiger partial charge in [0.25, 0.3) is 0 Å². The predicted octanol–water partition coefficient (Wildman–Crippen LogP) is 2.28. The van der Waals surface area contributed by atoms with Crippen molar-refractivity contribution in [1.29, 1.82) is 0 Å². The highest BCUT2D eigenvalue weighted by atomic mass is 35.5. The minimum Gasteiger partial charge on any atom is -0.395 e. The van der Waals surface area contributed by atoms with Crippen molar-refractivity contribution >= 4 is 28.9 Å². The molecule has 0 unspecified atom stereocenters. The molecule has 0 spiro atoms. The number of hydrogen-bond acceptors (Lipinski definition) is 5. The highest BCUT2D eigenvalue weighted by Gasteiger charge is 1.99. The van der Waals surface area contributed by atoms with Crippen LogP contribution < -0.4 is 10.6 Å². The Morgan fingerprint density at radius 2 is 1.83 bits per heavy atom. The minimum atomic E-state index is 0.0595. The van der Waals surface area contributed by atoms with Crippen molar-refractivity contribution in [2.45, 2.75) is 0 Å². The Hall–Kier alpha value is -1.85. The van der Waals surface area contributed by atoms with Gasteiger partial charge in [0.2, 0.25) is 0 Å². The Balaban J connectivity index is 2.06. The number of anilines is 3. The van der Waals surface area contributed by atoms with Crippen molar-refractivity contribution in [3.63, 3.8) is 0 Å². The van der Waals surface area contributed by atoms with E-state index in [-0.39, 0.29) is 6.61 Å². The molecule has 0 atom stereocenters. The lowest BCUT2D eigenvalue weighted by atomic mass is 10.3. The first kappa shape index (κ1) is 12.6. The number of benzene rings is 1. The molecule has 1 aromatic heterocycles. The van der Waals surface area contributed by atoms with Crippen LogP contribution in [0.4, 0.5) is 17.3 Å². The van der Waals surface area contributed by atoms with Crippen molar-refractivity contribution < 1.29 is 5.11 Å². The van der Waals surface area contributed by atoms with Gasteiger partial charge in [0.05, 0.1) is 6.61 Å². The topological polar surface area (TPSA) is 70.1 Å². The molecule has 2 aromatic rings. The molecule has 0 aliphatic heterocycles. The maximum absolute atomic E-state index is 8.72. The molecule has 0 amide bonds. The van der Waals surface area contributed by atoms with Gasteiger partial charge in [-0.1, -0.05) is 11.6 Å². The molecule has 1 heterocycles. The third-order valence-corrected chi connectivity index (χ3v) is 2.45. The summed E-state index contributed by atoms with van der Waals surface area (Å²) < 4.78 is 0. The van der Waals surface area contributed by atoms with E-state index in [0.29, 0.717) is 23.2 Å². The second-order valence-corrected chi connectivity index (χ2v) is 4.01. The van der Waals surface area contributed by atoms with Crippen molar-refractivity contribution in [2.24, 2.45) is 0 Å². The largest absolute Gasteiger partial charge is 0.395 e. The van der Waals surface area contributed by atoms with Gasteiger partial charge in [-0.05, 0) is 24.3 Å². The number of aliphatic hydroxyl groups excluding tert-OH is 1. The molecular weight excluding hydrogens is 252 g/mol. The third kappa shape index (κ3) is 3.58. The summed E-state index contributed by atoms with van der Waals surface area (Å²) in [6.07, 6.45) is 1.46. The Labute approximate surface area is 110 Å². The molecule has 0 bridgehead atoms. The molecule has 1 aromatic carbocycles. The number of rotatable bonds is 5. The second kappa shape index (κ2) is 6.18. The number of aromatic nitrogens is 2. The molecule has 2 rings (SSSR count). The zero-order valence-electron chi connectivity index (χ0n) is 9.60. The molecule has 5 nitrogen and oxygen atoms in total. The van der Waals surface area contributed by atoms with Crippen LogP contribution in [0.3, 0.4) is 0 Å². The van der Waals surface area contributed by atoms with Crippen LogP contribution in [0.5, 0.6) is 0 Å². The molecule has 18 heavy (non-hydrogen) atoms. The molecular formula is C12H13ClN4O. The third-order valence-electron chi connectivity index (χ3n) is 2.20. The predicted molar refractivity (Wildman–Crippen MR) is 72.3 cm³/mol. The van der Waals surface area contributed by atoms with Crippen molar-refractivity contribution in [3.05, 3.63) is 41.7 Å². The fourth-order valence-corrected chi connectivity index (χ4v) is 1.51. The van der Waals surface area contributed by atoms with Crippen LogP contribution in [-0.4, -0.2) is 28.2 Å². The maximum atomic E-state index is 8.72. The summed E-state index contributed by atoms with van der Waals surface area (Å²) in [5.74, 6) is 1.34. The van der Waals surface area contributed by atoms with Gasteiger partial charge >= 0.3 is 0 Å². The van der Waals surface area contributed by atoms with E-state index in [2.05, 4.69) is 20.6 Å². The first-order chi connectivity index (χ1) is 8.78. The molecule has 94 valence electrons. The van der Waals surface area contributed by atoms with Gasteiger partial charge in [-0.3, -0.25) is 0 Å². The van der Waals surface area contributed by atoms with Gasteiger partial charge in [-0.15, -0.1) is 0 Å². The van der Waals surface area contributed by atoms with Crippen LogP contribution in [-0.2, 0) is 0 Å². The Kier molecular flexibility index (Phi) is 4.33. The summed E-state index contributed by atoms with van der Waals surface area (Å²) in [5.41, 5.74) is 0.895. The summed E-state index contributed by atoms with van der Waals surface area (Å²) in [7, 11) is 0. The van der Waals surface area contributed by atoms with Crippen LogP contribution >= 0.6 is 11.6 Å². The number of hydrogen-bond donors (Lipinski definition) is 3.